The third-order valence-corrected chi connectivity index (χ3v) is 4.19. The van der Waals surface area contributed by atoms with Crippen LogP contribution in [0.5, 0.6) is 0 Å². The van der Waals surface area contributed by atoms with Gasteiger partial charge in [0.2, 0.25) is 5.91 Å². The Morgan fingerprint density at radius 1 is 1.06 bits per heavy atom. The summed E-state index contributed by atoms with van der Waals surface area (Å²) in [7, 11) is -1.83. The Labute approximate surface area is 188 Å². The van der Waals surface area contributed by atoms with Gasteiger partial charge in [-0.3, -0.25) is 9.35 Å². The molecule has 2 heterocycles. The predicted octanol–water partition coefficient (Wildman–Crippen LogP) is 3.76. The summed E-state index contributed by atoms with van der Waals surface area (Å²) in [6, 6.07) is 13.6. The first kappa shape index (κ1) is 25.0. The van der Waals surface area contributed by atoms with E-state index in [0.29, 0.717) is 12.1 Å². The van der Waals surface area contributed by atoms with E-state index in [4.69, 9.17) is 9.08 Å². The van der Waals surface area contributed by atoms with Crippen molar-refractivity contribution in [2.45, 2.75) is 32.6 Å². The highest BCUT2D eigenvalue weighted by molar-refractivity contribution is 7.85. The molecule has 3 N–H and O–H groups in total. The number of anilines is 2. The minimum Gasteiger partial charge on any atom is -0.373 e. The molecule has 0 unspecified atom stereocenters. The summed E-state index contributed by atoms with van der Waals surface area (Å²) in [6.07, 6.45) is 2.81. The summed E-state index contributed by atoms with van der Waals surface area (Å²) >= 11 is 0. The van der Waals surface area contributed by atoms with Crippen LogP contribution in [0.2, 0.25) is 0 Å². The second-order valence-electron chi connectivity index (χ2n) is 8.16. The molecule has 172 valence electrons. The Balaban J connectivity index is 0.000000654. The molecule has 0 atom stereocenters. The molecule has 0 saturated heterocycles. The molecule has 10 heteroatoms. The molecule has 0 spiro atoms. The van der Waals surface area contributed by atoms with Gasteiger partial charge < -0.3 is 15.2 Å². The van der Waals surface area contributed by atoms with Crippen LogP contribution in [0.3, 0.4) is 0 Å². The molecule has 0 radical (unpaired) electrons. The van der Waals surface area contributed by atoms with Gasteiger partial charge in [-0.25, -0.2) is 4.98 Å². The van der Waals surface area contributed by atoms with E-state index in [0.717, 1.165) is 28.3 Å². The van der Waals surface area contributed by atoms with Crippen molar-refractivity contribution in [1.82, 2.24) is 10.1 Å². The lowest BCUT2D eigenvalue weighted by atomic mass is 9.93. The van der Waals surface area contributed by atoms with Crippen molar-refractivity contribution in [2.75, 3.05) is 23.9 Å². The SMILES string of the molecule is CNc1ccc(-c2ccc(CC(=O)Nc3cc(C(C)(C)C)on3)cc2)cn1.CS(=O)(=O)O. The quantitative estimate of drug-likeness (QED) is 0.490. The Hall–Kier alpha value is -3.24. The zero-order valence-electron chi connectivity index (χ0n) is 18.7. The molecule has 32 heavy (non-hydrogen) atoms. The Kier molecular flexibility index (Phi) is 8.12. The molecule has 0 saturated carbocycles. The van der Waals surface area contributed by atoms with Crippen molar-refractivity contribution in [3.05, 3.63) is 60.0 Å². The Bertz CT molecular complexity index is 1120. The monoisotopic (exact) mass is 460 g/mol. The van der Waals surface area contributed by atoms with E-state index in [1.165, 1.54) is 0 Å². The van der Waals surface area contributed by atoms with E-state index in [9.17, 15) is 13.2 Å². The standard InChI is InChI=1S/C21H24N4O2.CH4O3S/c1-21(2,3)17-12-19(25-27-17)24-20(26)11-14-5-7-15(8-6-14)16-9-10-18(22-4)23-13-16;1-5(2,3)4/h5-10,12-13H,11H2,1-4H3,(H,22,23)(H,24,25,26);1H3,(H,2,3,4). The van der Waals surface area contributed by atoms with E-state index in [2.05, 4.69) is 20.8 Å². The van der Waals surface area contributed by atoms with Crippen LogP contribution in [0.4, 0.5) is 11.6 Å². The predicted molar refractivity (Wildman–Crippen MR) is 124 cm³/mol. The van der Waals surface area contributed by atoms with Gasteiger partial charge in [0, 0.05) is 30.3 Å². The zero-order valence-corrected chi connectivity index (χ0v) is 19.5. The number of nitrogens with zero attached hydrogens (tertiary/aromatic N) is 2. The van der Waals surface area contributed by atoms with E-state index < -0.39 is 10.1 Å². The largest absolute Gasteiger partial charge is 0.373 e. The molecule has 0 aliphatic heterocycles. The summed E-state index contributed by atoms with van der Waals surface area (Å²) < 4.78 is 31.2. The molecule has 0 bridgehead atoms. The second-order valence-corrected chi connectivity index (χ2v) is 9.63. The van der Waals surface area contributed by atoms with Crippen LogP contribution in [0.25, 0.3) is 11.1 Å². The second kappa shape index (κ2) is 10.4. The number of hydrogen-bond acceptors (Lipinski definition) is 7. The number of nitrogens with one attached hydrogen (secondary N) is 2. The summed E-state index contributed by atoms with van der Waals surface area (Å²) in [4.78, 5) is 16.6. The lowest BCUT2D eigenvalue weighted by Crippen LogP contribution is -2.14. The molecule has 9 nitrogen and oxygen atoms in total. The molecule has 0 fully saturated rings. The summed E-state index contributed by atoms with van der Waals surface area (Å²) in [6.45, 7) is 6.09. The van der Waals surface area contributed by atoms with Gasteiger partial charge in [0.1, 0.15) is 11.6 Å². The number of pyridine rings is 1. The minimum absolute atomic E-state index is 0.128. The smallest absolute Gasteiger partial charge is 0.261 e. The summed E-state index contributed by atoms with van der Waals surface area (Å²) in [5, 5.41) is 9.69. The van der Waals surface area contributed by atoms with Crippen molar-refractivity contribution in [2.24, 2.45) is 0 Å². The van der Waals surface area contributed by atoms with Crippen molar-refractivity contribution in [1.29, 1.82) is 0 Å². The van der Waals surface area contributed by atoms with Crippen LogP contribution in [-0.2, 0) is 26.7 Å². The number of benzene rings is 1. The molecular weight excluding hydrogens is 432 g/mol. The topological polar surface area (TPSA) is 134 Å². The van der Waals surface area contributed by atoms with E-state index in [-0.39, 0.29) is 17.7 Å². The fourth-order valence-electron chi connectivity index (χ4n) is 2.59. The van der Waals surface area contributed by atoms with Gasteiger partial charge in [-0.2, -0.15) is 8.42 Å². The molecule has 2 aromatic heterocycles. The number of carbonyl (C=O) groups is 1. The maximum atomic E-state index is 12.3. The highest BCUT2D eigenvalue weighted by atomic mass is 32.2. The highest BCUT2D eigenvalue weighted by Crippen LogP contribution is 2.24. The molecular formula is C22H28N4O5S. The van der Waals surface area contributed by atoms with E-state index in [1.807, 2.05) is 70.4 Å². The maximum Gasteiger partial charge on any atom is 0.261 e. The van der Waals surface area contributed by atoms with Gasteiger partial charge in [0.25, 0.3) is 10.1 Å². The first-order chi connectivity index (χ1) is 14.8. The van der Waals surface area contributed by atoms with Gasteiger partial charge in [-0.1, -0.05) is 50.2 Å². The third kappa shape index (κ3) is 8.48. The van der Waals surface area contributed by atoms with Gasteiger partial charge in [0.15, 0.2) is 5.82 Å². The molecule has 3 aromatic rings. The Morgan fingerprint density at radius 3 is 2.12 bits per heavy atom. The van der Waals surface area contributed by atoms with Gasteiger partial charge >= 0.3 is 0 Å². The van der Waals surface area contributed by atoms with Crippen LogP contribution in [0, 0.1) is 0 Å². The van der Waals surface area contributed by atoms with Gasteiger partial charge in [-0.05, 0) is 23.3 Å². The third-order valence-electron chi connectivity index (χ3n) is 4.19. The molecule has 3 rings (SSSR count). The number of amides is 1. The summed E-state index contributed by atoms with van der Waals surface area (Å²) in [5.41, 5.74) is 2.87. The number of hydrogen-bond donors (Lipinski definition) is 3. The van der Waals surface area contributed by atoms with Crippen LogP contribution in [0.15, 0.2) is 53.2 Å². The molecule has 1 amide bonds. The average Bonchev–Trinajstić information content (AvgIpc) is 3.16. The first-order valence-electron chi connectivity index (χ1n) is 9.78. The van der Waals surface area contributed by atoms with Crippen molar-refractivity contribution in [3.8, 4) is 11.1 Å². The summed E-state index contributed by atoms with van der Waals surface area (Å²) in [5.74, 6) is 1.88. The number of rotatable bonds is 5. The van der Waals surface area contributed by atoms with Crippen LogP contribution < -0.4 is 10.6 Å². The van der Waals surface area contributed by atoms with E-state index >= 15 is 0 Å². The number of aromatic nitrogens is 2. The fraction of sp³-hybridized carbons (Fsp3) is 0.318. The molecule has 0 aliphatic carbocycles. The first-order valence-corrected chi connectivity index (χ1v) is 11.6. The average molecular weight is 461 g/mol. The lowest BCUT2D eigenvalue weighted by molar-refractivity contribution is -0.115. The van der Waals surface area contributed by atoms with Gasteiger partial charge in [-0.15, -0.1) is 0 Å². The van der Waals surface area contributed by atoms with Crippen LogP contribution in [-0.4, -0.2) is 42.3 Å². The number of carbonyl (C=O) groups excluding carboxylic acids is 1. The van der Waals surface area contributed by atoms with Crippen LogP contribution in [0.1, 0.15) is 32.1 Å². The van der Waals surface area contributed by atoms with Crippen molar-refractivity contribution < 1.29 is 22.3 Å². The zero-order chi connectivity index (χ0) is 23.9. The van der Waals surface area contributed by atoms with E-state index in [1.54, 1.807) is 6.07 Å². The van der Waals surface area contributed by atoms with Gasteiger partial charge in [0.05, 0.1) is 12.7 Å². The normalized spacial score (nSPS) is 11.3. The minimum atomic E-state index is -3.67. The van der Waals surface area contributed by atoms with Crippen LogP contribution >= 0.6 is 0 Å². The fourth-order valence-corrected chi connectivity index (χ4v) is 2.59. The van der Waals surface area contributed by atoms with Crippen molar-refractivity contribution in [3.63, 3.8) is 0 Å². The maximum absolute atomic E-state index is 12.3. The molecule has 0 aliphatic rings. The highest BCUT2D eigenvalue weighted by Gasteiger charge is 2.20. The van der Waals surface area contributed by atoms with Crippen molar-refractivity contribution >= 4 is 27.7 Å². The molecule has 1 aromatic carbocycles. The lowest BCUT2D eigenvalue weighted by Gasteiger charge is -2.12. The Morgan fingerprint density at radius 2 is 1.66 bits per heavy atom.